The average Bonchev–Trinajstić information content (AvgIpc) is 2.76. The van der Waals surface area contributed by atoms with E-state index in [0.29, 0.717) is 0 Å². The van der Waals surface area contributed by atoms with Crippen LogP contribution in [0.25, 0.3) is 0 Å². The molecule has 3 N–H and O–H groups in total. The van der Waals surface area contributed by atoms with Crippen LogP contribution in [0.2, 0.25) is 31.2 Å². The molecule has 0 bridgehead atoms. The zero-order valence-electron chi connectivity index (χ0n) is 23.5. The molecule has 0 aliphatic carbocycles. The maximum Gasteiger partial charge on any atom is 0.500 e. The lowest BCUT2D eigenvalue weighted by Crippen LogP contribution is -2.43. The molecule has 0 aromatic carbocycles. The topological polar surface area (TPSA) is 62.7 Å². The van der Waals surface area contributed by atoms with E-state index in [1.54, 1.807) is 21.3 Å². The van der Waals surface area contributed by atoms with Crippen molar-refractivity contribution in [3.63, 3.8) is 0 Å². The molecular formula is C26H62ClNO3Si2. The fraction of sp³-hybridized carbons (Fsp3) is 1.00. The minimum Gasteiger partial charge on any atom is -0.377 e. The van der Waals surface area contributed by atoms with E-state index in [2.05, 4.69) is 20.0 Å². The number of hydrogen-bond acceptors (Lipinski definition) is 4. The number of rotatable bonds is 24. The molecule has 33 heavy (non-hydrogen) atoms. The molecule has 0 unspecified atom stereocenters. The van der Waals surface area contributed by atoms with Crippen LogP contribution < -0.4 is 6.15 Å². The van der Waals surface area contributed by atoms with Crippen molar-refractivity contribution < 1.29 is 13.3 Å². The van der Waals surface area contributed by atoms with E-state index >= 15 is 0 Å². The van der Waals surface area contributed by atoms with Crippen molar-refractivity contribution >= 4 is 29.3 Å². The third-order valence-corrected chi connectivity index (χ3v) is 13.2. The minimum absolute atomic E-state index is 0. The molecule has 0 amide bonds. The fourth-order valence-electron chi connectivity index (χ4n) is 4.62. The molecule has 0 rings (SSSR count). The quantitative estimate of drug-likeness (QED) is 0.100. The summed E-state index contributed by atoms with van der Waals surface area (Å²) >= 11 is 0. The van der Waals surface area contributed by atoms with Gasteiger partial charge in [0.25, 0.3) is 0 Å². The second-order valence-corrected chi connectivity index (χ2v) is 18.8. The van der Waals surface area contributed by atoms with E-state index in [-0.39, 0.29) is 18.6 Å². The van der Waals surface area contributed by atoms with Gasteiger partial charge in [0, 0.05) is 35.4 Å². The van der Waals surface area contributed by atoms with Crippen molar-refractivity contribution in [3.05, 3.63) is 0 Å². The fourth-order valence-corrected chi connectivity index (χ4v) is 9.28. The first-order valence-corrected chi connectivity index (χ1v) is 19.0. The molecule has 0 atom stereocenters. The van der Waals surface area contributed by atoms with Gasteiger partial charge in [-0.3, -0.25) is 0 Å². The Morgan fingerprint density at radius 3 is 1.09 bits per heavy atom. The summed E-state index contributed by atoms with van der Waals surface area (Å²) in [5.41, 5.74) is 0. The Labute approximate surface area is 217 Å². The molecule has 0 radical (unpaired) electrons. The summed E-state index contributed by atoms with van der Waals surface area (Å²) in [7, 11) is 1.70. The van der Waals surface area contributed by atoms with Crippen LogP contribution in [0, 0.1) is 0 Å². The predicted molar refractivity (Wildman–Crippen MR) is 155 cm³/mol. The summed E-state index contributed by atoms with van der Waals surface area (Å²) in [6.45, 7) is 7.40. The van der Waals surface area contributed by atoms with E-state index in [4.69, 9.17) is 13.3 Å². The average molecular weight is 528 g/mol. The zero-order chi connectivity index (χ0) is 23.3. The molecule has 0 aliphatic rings. The van der Waals surface area contributed by atoms with Gasteiger partial charge in [-0.15, -0.1) is 12.4 Å². The Morgan fingerprint density at radius 1 is 0.455 bits per heavy atom. The van der Waals surface area contributed by atoms with Crippen molar-refractivity contribution in [1.82, 2.24) is 6.15 Å². The standard InChI is InChI=1S/C26H58O3Si2.ClH.H3N/c1-7-8-9-10-11-12-13-14-15-16-17-18-19-20-21-22-24-30(5,6)25-23-26-31(27-2,28-3)29-4;;/h7-26H2,1-6H3;1H;1H3. The van der Waals surface area contributed by atoms with Crippen LogP contribution in [0.1, 0.15) is 116 Å². The molecule has 0 saturated heterocycles. The highest BCUT2D eigenvalue weighted by molar-refractivity contribution is 6.77. The Balaban J connectivity index is -0.00000450. The first kappa shape index (κ1) is 38.1. The maximum absolute atomic E-state index is 5.55. The van der Waals surface area contributed by atoms with Crippen LogP contribution in [-0.2, 0) is 13.3 Å². The highest BCUT2D eigenvalue weighted by Gasteiger charge is 2.37. The van der Waals surface area contributed by atoms with Gasteiger partial charge in [0.15, 0.2) is 0 Å². The van der Waals surface area contributed by atoms with Crippen LogP contribution in [0.15, 0.2) is 0 Å². The molecule has 204 valence electrons. The van der Waals surface area contributed by atoms with E-state index < -0.39 is 16.9 Å². The Bertz CT molecular complexity index is 378. The maximum atomic E-state index is 5.55. The summed E-state index contributed by atoms with van der Waals surface area (Å²) in [5, 5.41) is 0. The largest absolute Gasteiger partial charge is 0.500 e. The molecular weight excluding hydrogens is 466 g/mol. The molecule has 0 spiro atoms. The van der Waals surface area contributed by atoms with Gasteiger partial charge >= 0.3 is 8.80 Å². The first-order valence-electron chi connectivity index (χ1n) is 13.6. The third kappa shape index (κ3) is 22.8. The van der Waals surface area contributed by atoms with E-state index in [0.717, 1.165) is 6.04 Å². The number of hydrogen-bond donors (Lipinski definition) is 1. The van der Waals surface area contributed by atoms with E-state index in [1.165, 1.54) is 121 Å². The number of unbranched alkanes of at least 4 members (excludes halogenated alkanes) is 15. The van der Waals surface area contributed by atoms with Crippen molar-refractivity contribution in [2.24, 2.45) is 0 Å². The molecule has 4 nitrogen and oxygen atoms in total. The summed E-state index contributed by atoms with van der Waals surface area (Å²) in [4.78, 5) is 0. The molecule has 0 fully saturated rings. The van der Waals surface area contributed by atoms with Gasteiger partial charge in [-0.25, -0.2) is 0 Å². The Hall–Kier alpha value is 0.564. The second kappa shape index (κ2) is 25.7. The molecule has 0 saturated carbocycles. The van der Waals surface area contributed by atoms with Crippen molar-refractivity contribution in [2.75, 3.05) is 21.3 Å². The van der Waals surface area contributed by atoms with Crippen LogP contribution >= 0.6 is 12.4 Å². The second-order valence-electron chi connectivity index (χ2n) is 10.4. The summed E-state index contributed by atoms with van der Waals surface area (Å²) < 4.78 is 16.7. The van der Waals surface area contributed by atoms with Crippen LogP contribution in [0.4, 0.5) is 0 Å². The molecule has 7 heteroatoms. The van der Waals surface area contributed by atoms with Gasteiger partial charge in [-0.1, -0.05) is 141 Å². The lowest BCUT2D eigenvalue weighted by Gasteiger charge is -2.27. The molecule has 0 aromatic rings. The van der Waals surface area contributed by atoms with Gasteiger partial charge in [0.2, 0.25) is 0 Å². The molecule has 0 aliphatic heterocycles. The number of halogens is 1. The minimum atomic E-state index is -2.37. The van der Waals surface area contributed by atoms with E-state index in [1.807, 2.05) is 0 Å². The van der Waals surface area contributed by atoms with Crippen molar-refractivity contribution in [1.29, 1.82) is 0 Å². The van der Waals surface area contributed by atoms with Crippen LogP contribution in [0.5, 0.6) is 0 Å². The van der Waals surface area contributed by atoms with Gasteiger partial charge in [-0.05, 0) is 0 Å². The van der Waals surface area contributed by atoms with E-state index in [9.17, 15) is 0 Å². The lowest BCUT2D eigenvalue weighted by molar-refractivity contribution is 0.123. The van der Waals surface area contributed by atoms with Crippen molar-refractivity contribution in [2.45, 2.75) is 147 Å². The van der Waals surface area contributed by atoms with Gasteiger partial charge in [0.1, 0.15) is 0 Å². The normalized spacial score (nSPS) is 11.8. The monoisotopic (exact) mass is 527 g/mol. The molecule has 0 heterocycles. The smallest absolute Gasteiger partial charge is 0.377 e. The predicted octanol–water partition coefficient (Wildman–Crippen LogP) is 9.81. The Morgan fingerprint density at radius 2 is 0.758 bits per heavy atom. The highest BCUT2D eigenvalue weighted by atomic mass is 35.5. The lowest BCUT2D eigenvalue weighted by atomic mass is 10.0. The van der Waals surface area contributed by atoms with Crippen LogP contribution in [-0.4, -0.2) is 38.2 Å². The van der Waals surface area contributed by atoms with Crippen LogP contribution in [0.3, 0.4) is 0 Å². The Kier molecular flexibility index (Phi) is 29.6. The third-order valence-electron chi connectivity index (χ3n) is 6.98. The van der Waals surface area contributed by atoms with Gasteiger partial charge in [0.05, 0.1) is 0 Å². The molecule has 0 aromatic heterocycles. The van der Waals surface area contributed by atoms with Gasteiger partial charge in [-0.2, -0.15) is 0 Å². The highest BCUT2D eigenvalue weighted by Crippen LogP contribution is 2.25. The summed E-state index contributed by atoms with van der Waals surface area (Å²) in [5.74, 6) is 0. The van der Waals surface area contributed by atoms with Gasteiger partial charge < -0.3 is 19.4 Å². The van der Waals surface area contributed by atoms with Crippen molar-refractivity contribution in [3.8, 4) is 0 Å². The summed E-state index contributed by atoms with van der Waals surface area (Å²) in [6.07, 6.45) is 24.4. The first-order chi connectivity index (χ1) is 14.9. The summed E-state index contributed by atoms with van der Waals surface area (Å²) in [6, 6.07) is 3.77. The zero-order valence-corrected chi connectivity index (χ0v) is 26.3. The SMILES string of the molecule is CCCCCCCCCCCCCCCCCC[Si](C)(C)CCC[Si](OC)(OC)OC.Cl.N.